The summed E-state index contributed by atoms with van der Waals surface area (Å²) < 4.78 is 70.1. The van der Waals surface area contributed by atoms with Crippen molar-refractivity contribution in [3.63, 3.8) is 0 Å². The largest absolute Gasteiger partial charge is 0.573 e. The lowest BCUT2D eigenvalue weighted by Crippen LogP contribution is -2.41. The van der Waals surface area contributed by atoms with Crippen LogP contribution in [0.25, 0.3) is 0 Å². The molecule has 7 nitrogen and oxygen atoms in total. The van der Waals surface area contributed by atoms with E-state index in [1.54, 1.807) is 4.83 Å². The highest BCUT2D eigenvalue weighted by Gasteiger charge is 2.34. The molecule has 0 bridgehead atoms. The van der Waals surface area contributed by atoms with Gasteiger partial charge in [-0.25, -0.2) is 8.42 Å². The van der Waals surface area contributed by atoms with Gasteiger partial charge in [-0.3, -0.25) is 10.2 Å². The number of carbonyl (C=O) groups excluding carboxylic acids is 1. The predicted octanol–water partition coefficient (Wildman–Crippen LogP) is 2.22. The topological polar surface area (TPSA) is 93.7 Å². The maximum atomic E-state index is 12.4. The molecular formula is C15H13F3N2O5S. The molecule has 0 saturated heterocycles. The van der Waals surface area contributed by atoms with Crippen LogP contribution in [0.2, 0.25) is 0 Å². The Hall–Kier alpha value is -2.79. The zero-order valence-electron chi connectivity index (χ0n) is 13.2. The lowest BCUT2D eigenvalue weighted by molar-refractivity contribution is -0.275. The predicted molar refractivity (Wildman–Crippen MR) is 83.9 cm³/mol. The van der Waals surface area contributed by atoms with E-state index in [1.165, 1.54) is 43.5 Å². The molecule has 0 unspecified atom stereocenters. The molecule has 0 radical (unpaired) electrons. The summed E-state index contributed by atoms with van der Waals surface area (Å²) in [5, 5.41) is 0. The molecule has 0 aromatic heterocycles. The number of amides is 1. The van der Waals surface area contributed by atoms with Gasteiger partial charge in [-0.2, -0.15) is 0 Å². The van der Waals surface area contributed by atoms with Gasteiger partial charge >= 0.3 is 6.36 Å². The average molecular weight is 390 g/mol. The molecule has 0 spiro atoms. The molecule has 2 N–H and O–H groups in total. The average Bonchev–Trinajstić information content (AvgIpc) is 2.59. The number of carbonyl (C=O) groups is 1. The Morgan fingerprint density at radius 1 is 1.04 bits per heavy atom. The number of benzene rings is 2. The van der Waals surface area contributed by atoms with E-state index in [4.69, 9.17) is 4.74 Å². The molecule has 26 heavy (non-hydrogen) atoms. The zero-order valence-corrected chi connectivity index (χ0v) is 14.0. The molecule has 1 amide bonds. The fraction of sp³-hybridized carbons (Fsp3) is 0.133. The Morgan fingerprint density at radius 3 is 2.23 bits per heavy atom. The number of hydrogen-bond donors (Lipinski definition) is 2. The van der Waals surface area contributed by atoms with E-state index in [0.29, 0.717) is 5.75 Å². The number of alkyl halides is 3. The Bertz CT molecular complexity index is 883. The van der Waals surface area contributed by atoms with Crippen LogP contribution in [0.5, 0.6) is 11.5 Å². The maximum absolute atomic E-state index is 12.4. The summed E-state index contributed by atoms with van der Waals surface area (Å²) in [5.41, 5.74) is 2.02. The zero-order chi connectivity index (χ0) is 19.4. The Balaban J connectivity index is 2.15. The van der Waals surface area contributed by atoms with E-state index >= 15 is 0 Å². The summed E-state index contributed by atoms with van der Waals surface area (Å²) in [5.74, 6) is -1.25. The molecule has 11 heteroatoms. The lowest BCUT2D eigenvalue weighted by Gasteiger charge is -2.14. The van der Waals surface area contributed by atoms with Gasteiger partial charge < -0.3 is 9.47 Å². The summed E-state index contributed by atoms with van der Waals surface area (Å²) >= 11 is 0. The summed E-state index contributed by atoms with van der Waals surface area (Å²) in [7, 11) is -3.08. The fourth-order valence-electron chi connectivity index (χ4n) is 1.86. The van der Waals surface area contributed by atoms with Gasteiger partial charge in [0.15, 0.2) is 0 Å². The first-order valence-corrected chi connectivity index (χ1v) is 8.42. The van der Waals surface area contributed by atoms with E-state index in [9.17, 15) is 26.4 Å². The van der Waals surface area contributed by atoms with Crippen molar-refractivity contribution in [2.45, 2.75) is 11.3 Å². The summed E-state index contributed by atoms with van der Waals surface area (Å²) in [6, 6.07) is 9.85. The Kier molecular flexibility index (Phi) is 5.73. The van der Waals surface area contributed by atoms with Crippen molar-refractivity contribution in [1.82, 2.24) is 10.3 Å². The number of sulfonamides is 1. The van der Waals surface area contributed by atoms with Crippen LogP contribution in [0.1, 0.15) is 10.4 Å². The second-order valence-corrected chi connectivity index (χ2v) is 6.43. The molecule has 0 atom stereocenters. The van der Waals surface area contributed by atoms with Crippen molar-refractivity contribution in [2.75, 3.05) is 7.11 Å². The van der Waals surface area contributed by atoms with Gasteiger partial charge in [-0.1, -0.05) is 12.1 Å². The third-order valence-electron chi connectivity index (χ3n) is 3.02. The summed E-state index contributed by atoms with van der Waals surface area (Å²) in [6.45, 7) is 0. The maximum Gasteiger partial charge on any atom is 0.573 e. The minimum absolute atomic E-state index is 0.105. The SMILES string of the molecule is COc1ccc(C(=O)NNS(=O)(=O)c2ccccc2OC(F)(F)F)cc1. The van der Waals surface area contributed by atoms with Crippen LogP contribution in [0.3, 0.4) is 0 Å². The van der Waals surface area contributed by atoms with Crippen molar-refractivity contribution < 1.29 is 35.9 Å². The van der Waals surface area contributed by atoms with Gasteiger partial charge in [0, 0.05) is 5.56 Å². The lowest BCUT2D eigenvalue weighted by atomic mass is 10.2. The van der Waals surface area contributed by atoms with E-state index in [0.717, 1.165) is 12.1 Å². The van der Waals surface area contributed by atoms with Crippen LogP contribution >= 0.6 is 0 Å². The number of ether oxygens (including phenoxy) is 2. The van der Waals surface area contributed by atoms with Gasteiger partial charge in [0.25, 0.3) is 15.9 Å². The molecule has 0 heterocycles. The van der Waals surface area contributed by atoms with Crippen molar-refractivity contribution in [3.8, 4) is 11.5 Å². The van der Waals surface area contributed by atoms with Gasteiger partial charge in [0.05, 0.1) is 7.11 Å². The molecule has 140 valence electrons. The number of halogens is 3. The normalized spacial score (nSPS) is 11.7. The molecule has 0 aliphatic carbocycles. The van der Waals surface area contributed by atoms with E-state index < -0.39 is 32.9 Å². The minimum Gasteiger partial charge on any atom is -0.497 e. The number of nitrogens with one attached hydrogen (secondary N) is 2. The first kappa shape index (κ1) is 19.5. The molecule has 0 saturated carbocycles. The first-order valence-electron chi connectivity index (χ1n) is 6.93. The van der Waals surface area contributed by atoms with Crippen molar-refractivity contribution >= 4 is 15.9 Å². The van der Waals surface area contributed by atoms with Crippen molar-refractivity contribution in [3.05, 3.63) is 54.1 Å². The fourth-order valence-corrected chi connectivity index (χ4v) is 2.83. The highest BCUT2D eigenvalue weighted by Crippen LogP contribution is 2.28. The van der Waals surface area contributed by atoms with Gasteiger partial charge in [-0.05, 0) is 36.4 Å². The third kappa shape index (κ3) is 5.10. The number of rotatable bonds is 6. The quantitative estimate of drug-likeness (QED) is 0.738. The van der Waals surface area contributed by atoms with Crippen LogP contribution in [0.4, 0.5) is 13.2 Å². The van der Waals surface area contributed by atoms with Crippen LogP contribution in [-0.4, -0.2) is 27.8 Å². The Labute approximate surface area is 146 Å². The molecule has 0 aliphatic rings. The number of hydrazine groups is 1. The highest BCUT2D eigenvalue weighted by atomic mass is 32.2. The molecule has 0 aliphatic heterocycles. The van der Waals surface area contributed by atoms with E-state index in [-0.39, 0.29) is 5.56 Å². The van der Waals surface area contributed by atoms with Crippen LogP contribution < -0.4 is 19.7 Å². The molecule has 2 rings (SSSR count). The molecular weight excluding hydrogens is 377 g/mol. The first-order chi connectivity index (χ1) is 12.1. The van der Waals surface area contributed by atoms with Crippen LogP contribution in [0, 0.1) is 0 Å². The molecule has 2 aromatic rings. The van der Waals surface area contributed by atoms with Gasteiger partial charge in [0.2, 0.25) is 0 Å². The molecule has 0 fully saturated rings. The van der Waals surface area contributed by atoms with Crippen molar-refractivity contribution in [1.29, 1.82) is 0 Å². The minimum atomic E-state index is -5.07. The summed E-state index contributed by atoms with van der Waals surface area (Å²) in [6.07, 6.45) is -5.07. The van der Waals surface area contributed by atoms with Crippen LogP contribution in [-0.2, 0) is 10.0 Å². The smallest absolute Gasteiger partial charge is 0.497 e. The monoisotopic (exact) mass is 390 g/mol. The van der Waals surface area contributed by atoms with Gasteiger partial charge in [-0.15, -0.1) is 18.0 Å². The second kappa shape index (κ2) is 7.62. The van der Waals surface area contributed by atoms with Crippen LogP contribution in [0.15, 0.2) is 53.4 Å². The van der Waals surface area contributed by atoms with E-state index in [1.807, 2.05) is 5.43 Å². The molecule has 2 aromatic carbocycles. The van der Waals surface area contributed by atoms with E-state index in [2.05, 4.69) is 4.74 Å². The standard InChI is InChI=1S/C15H13F3N2O5S/c1-24-11-8-6-10(7-9-11)14(21)19-20-26(22,23)13-5-3-2-4-12(13)25-15(16,17)18/h2-9,20H,1H3,(H,19,21). The number of hydrogen-bond acceptors (Lipinski definition) is 5. The number of para-hydroxylation sites is 1. The highest BCUT2D eigenvalue weighted by molar-refractivity contribution is 7.89. The van der Waals surface area contributed by atoms with Crippen molar-refractivity contribution in [2.24, 2.45) is 0 Å². The number of methoxy groups -OCH3 is 1. The Morgan fingerprint density at radius 2 is 1.65 bits per heavy atom. The third-order valence-corrected chi connectivity index (χ3v) is 4.30. The van der Waals surface area contributed by atoms with Gasteiger partial charge in [0.1, 0.15) is 16.4 Å². The summed E-state index contributed by atoms with van der Waals surface area (Å²) in [4.78, 5) is 12.9. The second-order valence-electron chi connectivity index (χ2n) is 4.78.